The van der Waals surface area contributed by atoms with Crippen LogP contribution in [0.25, 0.3) is 22.7 Å². The van der Waals surface area contributed by atoms with E-state index in [1.807, 2.05) is 6.07 Å². The van der Waals surface area contributed by atoms with Crippen molar-refractivity contribution in [2.75, 3.05) is 5.32 Å². The maximum Gasteiger partial charge on any atom is 0.261 e. The van der Waals surface area contributed by atoms with Gasteiger partial charge in [-0.25, -0.2) is 0 Å². The van der Waals surface area contributed by atoms with Crippen LogP contribution < -0.4 is 5.32 Å². The van der Waals surface area contributed by atoms with Crippen molar-refractivity contribution in [2.24, 2.45) is 0 Å². The molecule has 0 radical (unpaired) electrons. The van der Waals surface area contributed by atoms with Crippen molar-refractivity contribution in [3.8, 4) is 22.7 Å². The summed E-state index contributed by atoms with van der Waals surface area (Å²) in [7, 11) is 0. The van der Waals surface area contributed by atoms with E-state index in [-0.39, 0.29) is 5.91 Å². The molecule has 4 rings (SSSR count). The SMILES string of the molecule is O=C(Nc1cccc(-c2nn[nH]n2)c1)c1cnoc1-c1cccc(Cl)c1. The lowest BCUT2D eigenvalue weighted by molar-refractivity contribution is 0.102. The molecule has 128 valence electrons. The van der Waals surface area contributed by atoms with E-state index in [9.17, 15) is 4.79 Å². The highest BCUT2D eigenvalue weighted by molar-refractivity contribution is 6.30. The van der Waals surface area contributed by atoms with Gasteiger partial charge in [-0.2, -0.15) is 5.21 Å². The number of amides is 1. The van der Waals surface area contributed by atoms with Crippen LogP contribution in [0.2, 0.25) is 5.02 Å². The molecule has 0 aliphatic heterocycles. The molecule has 8 nitrogen and oxygen atoms in total. The Balaban J connectivity index is 1.60. The maximum atomic E-state index is 12.7. The number of H-pyrrole nitrogens is 1. The molecule has 0 saturated carbocycles. The van der Waals surface area contributed by atoms with Crippen molar-refractivity contribution in [3.63, 3.8) is 0 Å². The van der Waals surface area contributed by atoms with E-state index in [2.05, 4.69) is 31.1 Å². The molecule has 1 amide bonds. The number of hydrogen-bond donors (Lipinski definition) is 2. The van der Waals surface area contributed by atoms with Crippen LogP contribution >= 0.6 is 11.6 Å². The van der Waals surface area contributed by atoms with Crippen LogP contribution in [0.5, 0.6) is 0 Å². The van der Waals surface area contributed by atoms with E-state index >= 15 is 0 Å². The van der Waals surface area contributed by atoms with Crippen molar-refractivity contribution in [1.82, 2.24) is 25.8 Å². The third-order valence-corrected chi connectivity index (χ3v) is 3.86. The fraction of sp³-hybridized carbons (Fsp3) is 0. The predicted octanol–water partition coefficient (Wildman–Crippen LogP) is 3.43. The minimum Gasteiger partial charge on any atom is -0.355 e. The van der Waals surface area contributed by atoms with Crippen LogP contribution in [0.4, 0.5) is 5.69 Å². The lowest BCUT2D eigenvalue weighted by Gasteiger charge is -2.06. The highest BCUT2D eigenvalue weighted by Gasteiger charge is 2.18. The summed E-state index contributed by atoms with van der Waals surface area (Å²) in [6, 6.07) is 14.1. The molecule has 9 heteroatoms. The van der Waals surface area contributed by atoms with Crippen molar-refractivity contribution >= 4 is 23.2 Å². The number of halogens is 1. The van der Waals surface area contributed by atoms with Crippen molar-refractivity contribution in [3.05, 3.63) is 65.3 Å². The number of nitrogens with one attached hydrogen (secondary N) is 2. The number of tetrazole rings is 1. The topological polar surface area (TPSA) is 110 Å². The van der Waals surface area contributed by atoms with E-state index in [1.54, 1.807) is 42.5 Å². The van der Waals surface area contributed by atoms with Gasteiger partial charge in [0.2, 0.25) is 5.82 Å². The average molecular weight is 367 g/mol. The molecule has 2 aromatic carbocycles. The largest absolute Gasteiger partial charge is 0.355 e. The predicted molar refractivity (Wildman–Crippen MR) is 94.5 cm³/mol. The molecule has 0 aliphatic carbocycles. The van der Waals surface area contributed by atoms with Crippen LogP contribution in [0.3, 0.4) is 0 Å². The van der Waals surface area contributed by atoms with E-state index in [1.165, 1.54) is 6.20 Å². The van der Waals surface area contributed by atoms with Gasteiger partial charge in [0, 0.05) is 21.8 Å². The molecule has 0 bridgehead atoms. The quantitative estimate of drug-likeness (QED) is 0.572. The molecular formula is C17H11ClN6O2. The first kappa shape index (κ1) is 16.0. The summed E-state index contributed by atoms with van der Waals surface area (Å²) in [5.74, 6) is 0.427. The molecule has 0 saturated heterocycles. The van der Waals surface area contributed by atoms with Crippen molar-refractivity contribution in [2.45, 2.75) is 0 Å². The monoisotopic (exact) mass is 366 g/mol. The standard InChI is InChI=1S/C17H11ClN6O2/c18-12-5-1-3-10(7-12)15-14(9-19-26-15)17(25)20-13-6-2-4-11(8-13)16-21-23-24-22-16/h1-9H,(H,20,25)(H,21,22,23,24). The van der Waals surface area contributed by atoms with Crippen LogP contribution in [-0.2, 0) is 0 Å². The Morgan fingerprint density at radius 3 is 2.77 bits per heavy atom. The van der Waals surface area contributed by atoms with Crippen LogP contribution in [0, 0.1) is 0 Å². The number of carbonyl (C=O) groups is 1. The zero-order chi connectivity index (χ0) is 17.9. The molecule has 0 spiro atoms. The molecular weight excluding hydrogens is 356 g/mol. The van der Waals surface area contributed by atoms with Crippen molar-refractivity contribution in [1.29, 1.82) is 0 Å². The van der Waals surface area contributed by atoms with Gasteiger partial charge < -0.3 is 9.84 Å². The molecule has 0 atom stereocenters. The maximum absolute atomic E-state index is 12.7. The van der Waals surface area contributed by atoms with E-state index in [0.29, 0.717) is 33.4 Å². The molecule has 4 aromatic rings. The summed E-state index contributed by atoms with van der Waals surface area (Å²) in [5, 5.41) is 20.9. The number of aromatic amines is 1. The minimum atomic E-state index is -0.355. The Hall–Kier alpha value is -3.52. The fourth-order valence-electron chi connectivity index (χ4n) is 2.46. The molecule has 2 heterocycles. The van der Waals surface area contributed by atoms with Gasteiger partial charge in [0.05, 0.1) is 6.20 Å². The third-order valence-electron chi connectivity index (χ3n) is 3.63. The number of aromatic nitrogens is 5. The van der Waals surface area contributed by atoms with Crippen LogP contribution in [0.1, 0.15) is 10.4 Å². The number of rotatable bonds is 4. The Kier molecular flexibility index (Phi) is 4.16. The summed E-state index contributed by atoms with van der Waals surface area (Å²) in [4.78, 5) is 12.7. The van der Waals surface area contributed by atoms with Gasteiger partial charge in [0.25, 0.3) is 5.91 Å². The highest BCUT2D eigenvalue weighted by Crippen LogP contribution is 2.27. The lowest BCUT2D eigenvalue weighted by Crippen LogP contribution is -2.12. The Morgan fingerprint density at radius 1 is 1.12 bits per heavy atom. The summed E-state index contributed by atoms with van der Waals surface area (Å²) in [5.41, 5.74) is 2.27. The Labute approximate surface area is 152 Å². The fourth-order valence-corrected chi connectivity index (χ4v) is 2.65. The summed E-state index contributed by atoms with van der Waals surface area (Å²) in [6.07, 6.45) is 1.37. The Morgan fingerprint density at radius 2 is 1.96 bits per heavy atom. The second-order valence-electron chi connectivity index (χ2n) is 5.35. The minimum absolute atomic E-state index is 0.303. The molecule has 2 aromatic heterocycles. The normalized spacial score (nSPS) is 10.7. The number of carbonyl (C=O) groups excluding carboxylic acids is 1. The smallest absolute Gasteiger partial charge is 0.261 e. The zero-order valence-electron chi connectivity index (χ0n) is 13.2. The highest BCUT2D eigenvalue weighted by atomic mass is 35.5. The summed E-state index contributed by atoms with van der Waals surface area (Å²) < 4.78 is 5.25. The molecule has 0 aliphatic rings. The number of anilines is 1. The van der Waals surface area contributed by atoms with Gasteiger partial charge in [0.15, 0.2) is 5.76 Å². The first-order valence-electron chi connectivity index (χ1n) is 7.56. The van der Waals surface area contributed by atoms with E-state index in [0.717, 1.165) is 5.56 Å². The molecule has 0 unspecified atom stereocenters. The third kappa shape index (κ3) is 3.17. The number of hydrogen-bond acceptors (Lipinski definition) is 6. The first-order chi connectivity index (χ1) is 12.7. The number of nitrogens with zero attached hydrogens (tertiary/aromatic N) is 4. The van der Waals surface area contributed by atoms with Crippen LogP contribution in [0.15, 0.2) is 59.3 Å². The van der Waals surface area contributed by atoms with Gasteiger partial charge >= 0.3 is 0 Å². The van der Waals surface area contributed by atoms with Crippen molar-refractivity contribution < 1.29 is 9.32 Å². The second-order valence-corrected chi connectivity index (χ2v) is 5.79. The van der Waals surface area contributed by atoms with Crippen LogP contribution in [-0.4, -0.2) is 31.7 Å². The second kappa shape index (κ2) is 6.77. The van der Waals surface area contributed by atoms with Gasteiger partial charge in [-0.1, -0.05) is 41.0 Å². The zero-order valence-corrected chi connectivity index (χ0v) is 13.9. The van der Waals surface area contributed by atoms with Gasteiger partial charge in [-0.05, 0) is 29.5 Å². The number of benzene rings is 2. The van der Waals surface area contributed by atoms with Gasteiger partial charge in [-0.15, -0.1) is 10.2 Å². The summed E-state index contributed by atoms with van der Waals surface area (Å²) in [6.45, 7) is 0. The molecule has 0 fully saturated rings. The lowest BCUT2D eigenvalue weighted by atomic mass is 10.1. The molecule has 2 N–H and O–H groups in total. The first-order valence-corrected chi connectivity index (χ1v) is 7.94. The van der Waals surface area contributed by atoms with Gasteiger partial charge in [-0.3, -0.25) is 4.79 Å². The Bertz CT molecular complexity index is 1060. The molecule has 26 heavy (non-hydrogen) atoms. The van der Waals surface area contributed by atoms with Gasteiger partial charge in [0.1, 0.15) is 5.56 Å². The van der Waals surface area contributed by atoms with E-state index in [4.69, 9.17) is 16.1 Å². The summed E-state index contributed by atoms with van der Waals surface area (Å²) >= 11 is 6.01. The van der Waals surface area contributed by atoms with E-state index < -0.39 is 0 Å². The average Bonchev–Trinajstić information content (AvgIpc) is 3.34.